The zero-order valence-corrected chi connectivity index (χ0v) is 23.2. The van der Waals surface area contributed by atoms with E-state index in [2.05, 4.69) is 0 Å². The van der Waals surface area contributed by atoms with Gasteiger partial charge < -0.3 is 9.47 Å². The molecule has 200 valence electrons. The molecule has 1 aromatic heterocycles. The summed E-state index contributed by atoms with van der Waals surface area (Å²) < 4.78 is 41.3. The van der Waals surface area contributed by atoms with Gasteiger partial charge in [0.25, 0.3) is 5.56 Å². The Morgan fingerprint density at radius 1 is 1.00 bits per heavy atom. The first-order chi connectivity index (χ1) is 18.2. The number of methoxy groups -OCH3 is 2. The van der Waals surface area contributed by atoms with Gasteiger partial charge in [0.1, 0.15) is 11.6 Å². The highest BCUT2D eigenvalue weighted by Crippen LogP contribution is 2.30. The van der Waals surface area contributed by atoms with Crippen LogP contribution in [0.3, 0.4) is 0 Å². The van der Waals surface area contributed by atoms with Gasteiger partial charge in [-0.05, 0) is 75.2 Å². The molecule has 0 saturated carbocycles. The Labute approximate surface area is 223 Å². The number of benzene rings is 3. The molecule has 0 N–H and O–H groups in total. The van der Waals surface area contributed by atoms with Gasteiger partial charge in [-0.1, -0.05) is 29.8 Å². The summed E-state index contributed by atoms with van der Waals surface area (Å²) in [6.07, 6.45) is 0.470. The van der Waals surface area contributed by atoms with Crippen LogP contribution in [0.15, 0.2) is 76.4 Å². The largest absolute Gasteiger partial charge is 0.497 e. The van der Waals surface area contributed by atoms with E-state index in [1.165, 1.54) is 23.5 Å². The first kappa shape index (κ1) is 27.5. The number of aromatic nitrogens is 2. The van der Waals surface area contributed by atoms with Gasteiger partial charge in [-0.3, -0.25) is 9.36 Å². The van der Waals surface area contributed by atoms with Crippen LogP contribution >= 0.6 is 0 Å². The normalized spacial score (nSPS) is 12.7. The Kier molecular flexibility index (Phi) is 8.30. The van der Waals surface area contributed by atoms with Gasteiger partial charge in [-0.2, -0.15) is 4.31 Å². The lowest BCUT2D eigenvalue weighted by Crippen LogP contribution is -2.38. The lowest BCUT2D eigenvalue weighted by molar-refractivity contribution is 0.182. The molecule has 0 radical (unpaired) electrons. The Morgan fingerprint density at radius 2 is 1.71 bits per heavy atom. The number of aryl methyl sites for hydroxylation is 2. The molecule has 0 amide bonds. The van der Waals surface area contributed by atoms with Gasteiger partial charge in [-0.25, -0.2) is 13.4 Å². The highest BCUT2D eigenvalue weighted by Gasteiger charge is 2.33. The van der Waals surface area contributed by atoms with Crippen molar-refractivity contribution in [3.8, 4) is 11.4 Å². The standard InChI is InChI=1S/C29H33N3O5S/c1-20-11-16-27(21(2)19-20)32-28(30-26-10-7-6-9-25(26)29(32)33)22(3)31(17-8-18-36-4)38(34,35)24-14-12-23(37-5)13-15-24/h6-7,9-16,19,22H,8,17-18H2,1-5H3. The van der Waals surface area contributed by atoms with Crippen LogP contribution in [0.1, 0.15) is 36.3 Å². The fourth-order valence-corrected chi connectivity index (χ4v) is 6.25. The Bertz CT molecular complexity index is 1600. The number of nitrogens with zero attached hydrogens (tertiary/aromatic N) is 3. The van der Waals surface area contributed by atoms with Gasteiger partial charge in [0.05, 0.1) is 34.6 Å². The summed E-state index contributed by atoms with van der Waals surface area (Å²) >= 11 is 0. The molecule has 3 aromatic carbocycles. The molecular formula is C29H33N3O5S. The van der Waals surface area contributed by atoms with E-state index < -0.39 is 16.1 Å². The number of hydrogen-bond acceptors (Lipinski definition) is 6. The van der Waals surface area contributed by atoms with Crippen molar-refractivity contribution in [3.63, 3.8) is 0 Å². The molecule has 1 atom stereocenters. The van der Waals surface area contributed by atoms with Crippen LogP contribution in [0.25, 0.3) is 16.6 Å². The molecule has 0 bridgehead atoms. The molecule has 0 saturated heterocycles. The minimum absolute atomic E-state index is 0.128. The van der Waals surface area contributed by atoms with E-state index in [0.29, 0.717) is 41.2 Å². The molecule has 4 rings (SSSR count). The number of ether oxygens (including phenoxy) is 2. The second-order valence-electron chi connectivity index (χ2n) is 9.23. The van der Waals surface area contributed by atoms with E-state index in [4.69, 9.17) is 14.5 Å². The molecule has 0 aliphatic heterocycles. The maximum Gasteiger partial charge on any atom is 0.266 e. The second kappa shape index (κ2) is 11.5. The predicted molar refractivity (Wildman–Crippen MR) is 149 cm³/mol. The fourth-order valence-electron chi connectivity index (χ4n) is 4.62. The highest BCUT2D eigenvalue weighted by molar-refractivity contribution is 7.89. The van der Waals surface area contributed by atoms with E-state index in [1.807, 2.05) is 38.1 Å². The van der Waals surface area contributed by atoms with Crippen molar-refractivity contribution in [2.24, 2.45) is 0 Å². The van der Waals surface area contributed by atoms with Crippen LogP contribution < -0.4 is 10.3 Å². The summed E-state index contributed by atoms with van der Waals surface area (Å²) in [4.78, 5) is 18.9. The monoisotopic (exact) mass is 535 g/mol. The van der Waals surface area contributed by atoms with Crippen molar-refractivity contribution >= 4 is 20.9 Å². The minimum Gasteiger partial charge on any atom is -0.497 e. The van der Waals surface area contributed by atoms with Crippen LogP contribution in [0.4, 0.5) is 0 Å². The summed E-state index contributed by atoms with van der Waals surface area (Å²) in [5.41, 5.74) is 2.88. The van der Waals surface area contributed by atoms with E-state index in [1.54, 1.807) is 48.9 Å². The lowest BCUT2D eigenvalue weighted by Gasteiger charge is -2.30. The van der Waals surface area contributed by atoms with Crippen LogP contribution in [0.5, 0.6) is 5.75 Å². The lowest BCUT2D eigenvalue weighted by atomic mass is 10.1. The van der Waals surface area contributed by atoms with Gasteiger partial charge in [0.2, 0.25) is 10.0 Å². The molecule has 0 aliphatic carbocycles. The topological polar surface area (TPSA) is 90.7 Å². The Balaban J connectivity index is 1.94. The average Bonchev–Trinajstić information content (AvgIpc) is 2.91. The molecule has 8 nitrogen and oxygen atoms in total. The molecule has 4 aromatic rings. The number of rotatable bonds is 10. The number of hydrogen-bond donors (Lipinski definition) is 0. The van der Waals surface area contributed by atoms with Crippen molar-refractivity contribution in [1.82, 2.24) is 13.9 Å². The summed E-state index contributed by atoms with van der Waals surface area (Å²) in [6, 6.07) is 18.4. The van der Waals surface area contributed by atoms with Crippen molar-refractivity contribution in [2.45, 2.75) is 38.1 Å². The molecule has 1 unspecified atom stereocenters. The van der Waals surface area contributed by atoms with Crippen molar-refractivity contribution in [3.05, 3.63) is 94.0 Å². The summed E-state index contributed by atoms with van der Waals surface area (Å²) in [5, 5.41) is 0.465. The van der Waals surface area contributed by atoms with Crippen LogP contribution in [0.2, 0.25) is 0 Å². The van der Waals surface area contributed by atoms with Crippen LogP contribution in [0, 0.1) is 13.8 Å². The average molecular weight is 536 g/mol. The van der Waals surface area contributed by atoms with Gasteiger partial charge >= 0.3 is 0 Å². The summed E-state index contributed by atoms with van der Waals surface area (Å²) in [7, 11) is -0.863. The van der Waals surface area contributed by atoms with E-state index in [-0.39, 0.29) is 17.0 Å². The van der Waals surface area contributed by atoms with Crippen molar-refractivity contribution < 1.29 is 17.9 Å². The molecule has 38 heavy (non-hydrogen) atoms. The quantitative estimate of drug-likeness (QED) is 0.271. The third kappa shape index (κ3) is 5.36. The first-order valence-corrected chi connectivity index (χ1v) is 13.9. The molecular weight excluding hydrogens is 502 g/mol. The second-order valence-corrected chi connectivity index (χ2v) is 11.1. The molecule has 1 heterocycles. The predicted octanol–water partition coefficient (Wildman–Crippen LogP) is 4.80. The van der Waals surface area contributed by atoms with Gasteiger partial charge in [-0.15, -0.1) is 0 Å². The van der Waals surface area contributed by atoms with Crippen molar-refractivity contribution in [1.29, 1.82) is 0 Å². The maximum absolute atomic E-state index is 14.0. The van der Waals surface area contributed by atoms with E-state index in [9.17, 15) is 13.2 Å². The summed E-state index contributed by atoms with van der Waals surface area (Å²) in [6.45, 7) is 6.25. The van der Waals surface area contributed by atoms with Crippen molar-refractivity contribution in [2.75, 3.05) is 27.4 Å². The SMILES string of the molecule is COCCCN(C(C)c1nc2ccccc2c(=O)n1-c1ccc(C)cc1C)S(=O)(=O)c1ccc(OC)cc1. The first-order valence-electron chi connectivity index (χ1n) is 12.4. The number of fused-ring (bicyclic) bond motifs is 1. The summed E-state index contributed by atoms with van der Waals surface area (Å²) in [5.74, 6) is 0.901. The molecule has 0 spiro atoms. The minimum atomic E-state index is -3.97. The zero-order valence-electron chi connectivity index (χ0n) is 22.3. The van der Waals surface area contributed by atoms with Crippen LogP contribution in [-0.2, 0) is 14.8 Å². The Hall–Kier alpha value is -3.53. The Morgan fingerprint density at radius 3 is 2.37 bits per heavy atom. The third-order valence-electron chi connectivity index (χ3n) is 6.59. The fraction of sp³-hybridized carbons (Fsp3) is 0.310. The maximum atomic E-state index is 14.0. The van der Waals surface area contributed by atoms with Gasteiger partial charge in [0.15, 0.2) is 0 Å². The molecule has 0 aliphatic rings. The molecule has 9 heteroatoms. The molecule has 0 fully saturated rings. The zero-order chi connectivity index (χ0) is 27.4. The van der Waals surface area contributed by atoms with E-state index >= 15 is 0 Å². The number of para-hydroxylation sites is 1. The third-order valence-corrected chi connectivity index (χ3v) is 8.58. The highest BCUT2D eigenvalue weighted by atomic mass is 32.2. The van der Waals surface area contributed by atoms with E-state index in [0.717, 1.165) is 11.1 Å². The van der Waals surface area contributed by atoms with Gasteiger partial charge in [0, 0.05) is 20.3 Å². The number of sulfonamides is 1. The van der Waals surface area contributed by atoms with Crippen LogP contribution in [-0.4, -0.2) is 49.6 Å². The smallest absolute Gasteiger partial charge is 0.266 e.